The molecule has 1 aliphatic carbocycles. The third kappa shape index (κ3) is 5.33. The minimum Gasteiger partial charge on any atom is -0.390 e. The summed E-state index contributed by atoms with van der Waals surface area (Å²) in [6.45, 7) is 4.73. The summed E-state index contributed by atoms with van der Waals surface area (Å²) in [6.07, 6.45) is 2.96. The molecule has 0 saturated heterocycles. The van der Waals surface area contributed by atoms with Gasteiger partial charge in [-0.05, 0) is 68.0 Å². The van der Waals surface area contributed by atoms with Gasteiger partial charge in [0.2, 0.25) is 0 Å². The number of hydrogen-bond acceptors (Lipinski definition) is 5. The standard InChI is InChI=1S/C27H33ClN4O2S/c1-3-18-7-10-22-26-21(18)13-24(32(26)16(2)15-35-31-22)27(34)30-23(25(33)14-29-20-8-9-20)12-17-5-4-6-19(28)11-17/h4-7,10-11,13,16,20,23,25,29,31,33H,3,8-9,12,14-15H2,1-2H3,(H,30,34)/t16?,23-,25+/m0/s1. The summed E-state index contributed by atoms with van der Waals surface area (Å²) >= 11 is 7.88. The number of aliphatic hydroxyl groups is 1. The first-order chi connectivity index (χ1) is 16.9. The van der Waals surface area contributed by atoms with Crippen molar-refractivity contribution >= 4 is 46.0 Å². The second kappa shape index (κ2) is 10.4. The molecule has 2 heterocycles. The summed E-state index contributed by atoms with van der Waals surface area (Å²) in [7, 11) is 0. The van der Waals surface area contributed by atoms with Crippen LogP contribution in [0.1, 0.15) is 54.3 Å². The van der Waals surface area contributed by atoms with Gasteiger partial charge in [-0.15, -0.1) is 0 Å². The molecular weight excluding hydrogens is 480 g/mol. The number of amides is 1. The molecule has 8 heteroatoms. The van der Waals surface area contributed by atoms with Crippen molar-refractivity contribution in [3.8, 4) is 0 Å². The number of benzene rings is 2. The van der Waals surface area contributed by atoms with E-state index in [1.165, 1.54) is 5.56 Å². The summed E-state index contributed by atoms with van der Waals surface area (Å²) in [6, 6.07) is 14.1. The number of carbonyl (C=O) groups excluding carboxylic acids is 1. The van der Waals surface area contributed by atoms with Gasteiger partial charge in [-0.1, -0.05) is 48.7 Å². The lowest BCUT2D eigenvalue weighted by Crippen LogP contribution is -2.49. The van der Waals surface area contributed by atoms with E-state index in [4.69, 9.17) is 11.6 Å². The number of anilines is 1. The Labute approximate surface area is 215 Å². The fraction of sp³-hybridized carbons (Fsp3) is 0.444. The quantitative estimate of drug-likeness (QED) is 0.305. The second-order valence-corrected chi connectivity index (χ2v) is 11.0. The van der Waals surface area contributed by atoms with Crippen molar-refractivity contribution in [2.45, 2.75) is 63.8 Å². The molecule has 2 aromatic carbocycles. The van der Waals surface area contributed by atoms with Crippen LogP contribution in [0, 0.1) is 0 Å². The van der Waals surface area contributed by atoms with Crippen LogP contribution >= 0.6 is 23.5 Å². The molecule has 0 radical (unpaired) electrons. The minimum atomic E-state index is -0.719. The summed E-state index contributed by atoms with van der Waals surface area (Å²) in [5.41, 5.74) is 4.96. The number of carbonyl (C=O) groups is 1. The minimum absolute atomic E-state index is 0.145. The second-order valence-electron chi connectivity index (χ2n) is 9.71. The summed E-state index contributed by atoms with van der Waals surface area (Å²) in [4.78, 5) is 13.8. The Balaban J connectivity index is 1.47. The smallest absolute Gasteiger partial charge is 0.268 e. The SMILES string of the molecule is CCc1ccc2c3c1cc(C(=O)N[C@@H](Cc1cccc(Cl)c1)[C@H](O)CNC1CC1)n3C(C)CSN2. The maximum atomic E-state index is 13.8. The van der Waals surface area contributed by atoms with E-state index in [0.717, 1.165) is 47.2 Å². The van der Waals surface area contributed by atoms with E-state index >= 15 is 0 Å². The number of aliphatic hydroxyl groups excluding tert-OH is 1. The highest BCUT2D eigenvalue weighted by Gasteiger charge is 2.29. The fourth-order valence-corrected chi connectivity index (χ4v) is 5.90. The molecule has 2 aliphatic rings. The highest BCUT2D eigenvalue weighted by atomic mass is 35.5. The van der Waals surface area contributed by atoms with Crippen molar-refractivity contribution < 1.29 is 9.90 Å². The Morgan fingerprint density at radius 3 is 2.86 bits per heavy atom. The number of aryl methyl sites for hydroxylation is 1. The van der Waals surface area contributed by atoms with Gasteiger partial charge in [0.15, 0.2) is 0 Å². The number of halogens is 1. The number of hydrogen-bond donors (Lipinski definition) is 4. The molecule has 5 rings (SSSR count). The maximum absolute atomic E-state index is 13.8. The number of aromatic nitrogens is 1. The molecule has 1 aromatic heterocycles. The van der Waals surface area contributed by atoms with E-state index in [1.54, 1.807) is 11.9 Å². The monoisotopic (exact) mass is 512 g/mol. The lowest BCUT2D eigenvalue weighted by Gasteiger charge is -2.26. The van der Waals surface area contributed by atoms with Crippen LogP contribution in [-0.2, 0) is 12.8 Å². The predicted molar refractivity (Wildman–Crippen MR) is 146 cm³/mol. The van der Waals surface area contributed by atoms with Gasteiger partial charge in [0.25, 0.3) is 5.91 Å². The molecule has 1 saturated carbocycles. The van der Waals surface area contributed by atoms with E-state index in [0.29, 0.717) is 29.7 Å². The average Bonchev–Trinajstić information content (AvgIpc) is 3.61. The zero-order valence-electron chi connectivity index (χ0n) is 20.2. The van der Waals surface area contributed by atoms with Gasteiger partial charge in [0.1, 0.15) is 5.69 Å². The molecule has 3 aromatic rings. The zero-order valence-corrected chi connectivity index (χ0v) is 21.8. The zero-order chi connectivity index (χ0) is 24.5. The van der Waals surface area contributed by atoms with Crippen molar-refractivity contribution in [2.24, 2.45) is 0 Å². The van der Waals surface area contributed by atoms with E-state index in [-0.39, 0.29) is 11.9 Å². The van der Waals surface area contributed by atoms with Gasteiger partial charge in [-0.2, -0.15) is 0 Å². The Morgan fingerprint density at radius 1 is 1.29 bits per heavy atom. The number of rotatable bonds is 9. The lowest BCUT2D eigenvalue weighted by atomic mass is 10.0. The van der Waals surface area contributed by atoms with Crippen LogP contribution < -0.4 is 15.4 Å². The largest absolute Gasteiger partial charge is 0.390 e. The first-order valence-corrected chi connectivity index (χ1v) is 13.8. The molecule has 35 heavy (non-hydrogen) atoms. The first-order valence-electron chi connectivity index (χ1n) is 12.5. The third-order valence-corrected chi connectivity index (χ3v) is 8.22. The number of nitrogens with one attached hydrogen (secondary N) is 3. The van der Waals surface area contributed by atoms with E-state index in [1.807, 2.05) is 30.3 Å². The van der Waals surface area contributed by atoms with Crippen molar-refractivity contribution in [3.05, 3.63) is 64.3 Å². The Hall–Kier alpha value is -2.19. The molecule has 186 valence electrons. The summed E-state index contributed by atoms with van der Waals surface area (Å²) < 4.78 is 5.62. The molecule has 4 N–H and O–H groups in total. The van der Waals surface area contributed by atoms with Gasteiger partial charge in [0.05, 0.1) is 23.3 Å². The van der Waals surface area contributed by atoms with Gasteiger partial charge < -0.3 is 25.0 Å². The third-order valence-electron chi connectivity index (χ3n) is 6.97. The summed E-state index contributed by atoms with van der Waals surface area (Å²) in [5, 5.41) is 19.4. The molecule has 6 nitrogen and oxygen atoms in total. The first kappa shape index (κ1) is 24.5. The van der Waals surface area contributed by atoms with Crippen molar-refractivity contribution in [2.75, 3.05) is 17.0 Å². The predicted octanol–water partition coefficient (Wildman–Crippen LogP) is 4.95. The van der Waals surface area contributed by atoms with Crippen LogP contribution in [0.3, 0.4) is 0 Å². The van der Waals surface area contributed by atoms with Gasteiger partial charge >= 0.3 is 0 Å². The molecule has 1 amide bonds. The lowest BCUT2D eigenvalue weighted by molar-refractivity contribution is 0.0821. The van der Waals surface area contributed by atoms with Crippen LogP contribution in [0.5, 0.6) is 0 Å². The van der Waals surface area contributed by atoms with Crippen LogP contribution in [-0.4, -0.2) is 46.1 Å². The van der Waals surface area contributed by atoms with Gasteiger partial charge in [0, 0.05) is 34.8 Å². The topological polar surface area (TPSA) is 78.3 Å². The molecule has 3 atom stereocenters. The molecule has 1 aliphatic heterocycles. The molecule has 0 bridgehead atoms. The number of nitrogens with zero attached hydrogens (tertiary/aromatic N) is 1. The maximum Gasteiger partial charge on any atom is 0.268 e. The van der Waals surface area contributed by atoms with Crippen molar-refractivity contribution in [3.63, 3.8) is 0 Å². The highest BCUT2D eigenvalue weighted by Crippen LogP contribution is 2.37. The summed E-state index contributed by atoms with van der Waals surface area (Å²) in [5.74, 6) is 0.686. The highest BCUT2D eigenvalue weighted by molar-refractivity contribution is 8.00. The van der Waals surface area contributed by atoms with Crippen molar-refractivity contribution in [1.29, 1.82) is 0 Å². The molecular formula is C27H33ClN4O2S. The Morgan fingerprint density at radius 2 is 2.11 bits per heavy atom. The van der Waals surface area contributed by atoms with Crippen LogP contribution in [0.2, 0.25) is 5.02 Å². The van der Waals surface area contributed by atoms with E-state index in [9.17, 15) is 9.90 Å². The van der Waals surface area contributed by atoms with Crippen LogP contribution in [0.4, 0.5) is 5.69 Å². The average molecular weight is 513 g/mol. The normalized spacial score (nSPS) is 19.1. The Kier molecular flexibility index (Phi) is 7.30. The molecule has 0 spiro atoms. The van der Waals surface area contributed by atoms with Gasteiger partial charge in [-0.3, -0.25) is 4.79 Å². The van der Waals surface area contributed by atoms with Gasteiger partial charge in [-0.25, -0.2) is 0 Å². The Bertz CT molecular complexity index is 1230. The van der Waals surface area contributed by atoms with E-state index in [2.05, 4.69) is 45.9 Å². The molecule has 1 unspecified atom stereocenters. The van der Waals surface area contributed by atoms with Crippen LogP contribution in [0.15, 0.2) is 42.5 Å². The van der Waals surface area contributed by atoms with Crippen LogP contribution in [0.25, 0.3) is 10.9 Å². The molecule has 1 fully saturated rings. The van der Waals surface area contributed by atoms with Crippen molar-refractivity contribution in [1.82, 2.24) is 15.2 Å². The fourth-order valence-electron chi connectivity index (χ4n) is 4.90. The van der Waals surface area contributed by atoms with E-state index < -0.39 is 12.1 Å².